The molecule has 2 rings (SSSR count). The van der Waals surface area contributed by atoms with Crippen LogP contribution in [0.2, 0.25) is 0 Å². The van der Waals surface area contributed by atoms with Gasteiger partial charge in [-0.3, -0.25) is 4.99 Å². The molecule has 1 aromatic heterocycles. The molecule has 0 aliphatic rings. The van der Waals surface area contributed by atoms with E-state index in [1.165, 1.54) is 0 Å². The van der Waals surface area contributed by atoms with Crippen LogP contribution in [0, 0.1) is 12.7 Å². The summed E-state index contributed by atoms with van der Waals surface area (Å²) in [6.07, 6.45) is 5.43. The molecule has 22 heavy (non-hydrogen) atoms. The fraction of sp³-hybridized carbons (Fsp3) is 0.333. The highest BCUT2D eigenvalue weighted by Gasteiger charge is 2.01. The highest BCUT2D eigenvalue weighted by atomic mass is 127. The minimum absolute atomic E-state index is 0. The van der Waals surface area contributed by atoms with E-state index < -0.39 is 0 Å². The van der Waals surface area contributed by atoms with E-state index in [4.69, 9.17) is 0 Å². The first-order chi connectivity index (χ1) is 10.2. The molecule has 0 saturated heterocycles. The molecule has 0 aliphatic carbocycles. The summed E-state index contributed by atoms with van der Waals surface area (Å²) in [5.74, 6) is 0.508. The molecule has 0 spiro atoms. The van der Waals surface area contributed by atoms with Crippen LogP contribution in [-0.4, -0.2) is 29.1 Å². The maximum atomic E-state index is 13.5. The van der Waals surface area contributed by atoms with Gasteiger partial charge in [-0.1, -0.05) is 12.1 Å². The van der Waals surface area contributed by atoms with Gasteiger partial charge in [0.05, 0.1) is 6.33 Å². The van der Waals surface area contributed by atoms with Gasteiger partial charge in [0.15, 0.2) is 5.96 Å². The van der Waals surface area contributed by atoms with Gasteiger partial charge < -0.3 is 15.2 Å². The summed E-state index contributed by atoms with van der Waals surface area (Å²) in [4.78, 5) is 8.12. The molecule has 0 aliphatic heterocycles. The van der Waals surface area contributed by atoms with Crippen molar-refractivity contribution in [2.24, 2.45) is 4.99 Å². The topological polar surface area (TPSA) is 54.2 Å². The minimum Gasteiger partial charge on any atom is -0.355 e. The van der Waals surface area contributed by atoms with E-state index in [1.807, 2.05) is 16.8 Å². The van der Waals surface area contributed by atoms with Crippen molar-refractivity contribution in [1.29, 1.82) is 0 Å². The largest absolute Gasteiger partial charge is 0.355 e. The zero-order valence-electron chi connectivity index (χ0n) is 12.7. The predicted molar refractivity (Wildman–Crippen MR) is 97.0 cm³/mol. The highest BCUT2D eigenvalue weighted by Crippen LogP contribution is 2.08. The number of aliphatic imine (C=N–C) groups is 1. The summed E-state index contributed by atoms with van der Waals surface area (Å²) >= 11 is 0. The van der Waals surface area contributed by atoms with Gasteiger partial charge in [-0.05, 0) is 24.1 Å². The summed E-state index contributed by atoms with van der Waals surface area (Å²) in [5.41, 5.74) is 1.54. The van der Waals surface area contributed by atoms with Crippen molar-refractivity contribution in [3.8, 4) is 0 Å². The van der Waals surface area contributed by atoms with Gasteiger partial charge in [0, 0.05) is 39.1 Å². The number of hydrogen-bond acceptors (Lipinski definition) is 2. The lowest BCUT2D eigenvalue weighted by atomic mass is 10.1. The van der Waals surface area contributed by atoms with Crippen molar-refractivity contribution in [3.05, 3.63) is 53.9 Å². The van der Waals surface area contributed by atoms with Crippen LogP contribution in [0.4, 0.5) is 4.39 Å². The number of imidazole rings is 1. The molecular formula is C15H21FIN5. The zero-order chi connectivity index (χ0) is 15.1. The monoisotopic (exact) mass is 417 g/mol. The smallest absolute Gasteiger partial charge is 0.191 e. The van der Waals surface area contributed by atoms with Crippen LogP contribution in [0.3, 0.4) is 0 Å². The molecule has 0 saturated carbocycles. The first-order valence-electron chi connectivity index (χ1n) is 6.84. The van der Waals surface area contributed by atoms with Crippen molar-refractivity contribution in [3.63, 3.8) is 0 Å². The van der Waals surface area contributed by atoms with Gasteiger partial charge in [0.2, 0.25) is 0 Å². The van der Waals surface area contributed by atoms with Crippen LogP contribution in [0.1, 0.15) is 11.1 Å². The van der Waals surface area contributed by atoms with Gasteiger partial charge in [-0.2, -0.15) is 0 Å². The molecule has 0 radical (unpaired) electrons. The van der Waals surface area contributed by atoms with Crippen molar-refractivity contribution in [1.82, 2.24) is 20.2 Å². The van der Waals surface area contributed by atoms with E-state index in [2.05, 4.69) is 20.6 Å². The molecular weight excluding hydrogens is 396 g/mol. The third-order valence-electron chi connectivity index (χ3n) is 3.14. The number of nitrogens with one attached hydrogen (secondary N) is 2. The lowest BCUT2D eigenvalue weighted by Gasteiger charge is -2.12. The van der Waals surface area contributed by atoms with Crippen LogP contribution in [0.15, 0.2) is 41.9 Å². The Balaban J connectivity index is 0.00000242. The van der Waals surface area contributed by atoms with E-state index in [9.17, 15) is 4.39 Å². The van der Waals surface area contributed by atoms with Gasteiger partial charge in [0.1, 0.15) is 5.82 Å². The SMILES string of the molecule is CN=C(NCCn1ccnc1)NCc1ccc(C)c(F)c1.I. The normalized spacial score (nSPS) is 11.0. The third-order valence-corrected chi connectivity index (χ3v) is 3.14. The Labute approximate surface area is 147 Å². The Hall–Kier alpha value is -1.64. The molecule has 120 valence electrons. The second-order valence-corrected chi connectivity index (χ2v) is 4.74. The predicted octanol–water partition coefficient (Wildman–Crippen LogP) is 2.31. The second-order valence-electron chi connectivity index (χ2n) is 4.74. The second kappa shape index (κ2) is 9.39. The molecule has 0 fully saturated rings. The molecule has 1 heterocycles. The highest BCUT2D eigenvalue weighted by molar-refractivity contribution is 14.0. The lowest BCUT2D eigenvalue weighted by molar-refractivity contribution is 0.615. The number of hydrogen-bond donors (Lipinski definition) is 2. The standard InChI is InChI=1S/C15H20FN5.HI/c1-12-3-4-13(9-14(12)16)10-20-15(17-2)19-6-8-21-7-5-18-11-21;/h3-5,7,9,11H,6,8,10H2,1-2H3,(H2,17,19,20);1H. The number of aromatic nitrogens is 2. The molecule has 1 aromatic carbocycles. The molecule has 7 heteroatoms. The Morgan fingerprint density at radius 2 is 2.18 bits per heavy atom. The van der Waals surface area contributed by atoms with Crippen molar-refractivity contribution >= 4 is 29.9 Å². The third kappa shape index (κ3) is 5.63. The molecule has 2 aromatic rings. The van der Waals surface area contributed by atoms with Crippen LogP contribution >= 0.6 is 24.0 Å². The Kier molecular flexibility index (Phi) is 7.86. The number of benzene rings is 1. The van der Waals surface area contributed by atoms with Crippen LogP contribution in [0.5, 0.6) is 0 Å². The number of rotatable bonds is 5. The van der Waals surface area contributed by atoms with Crippen molar-refractivity contribution in [2.75, 3.05) is 13.6 Å². The van der Waals surface area contributed by atoms with Crippen LogP contribution in [-0.2, 0) is 13.1 Å². The summed E-state index contributed by atoms with van der Waals surface area (Å²) < 4.78 is 15.4. The molecule has 0 unspecified atom stereocenters. The fourth-order valence-electron chi connectivity index (χ4n) is 1.88. The number of halogens is 2. The summed E-state index contributed by atoms with van der Waals surface area (Å²) in [6, 6.07) is 5.23. The Morgan fingerprint density at radius 1 is 1.36 bits per heavy atom. The fourth-order valence-corrected chi connectivity index (χ4v) is 1.88. The zero-order valence-corrected chi connectivity index (χ0v) is 15.0. The first kappa shape index (κ1) is 18.4. The summed E-state index contributed by atoms with van der Waals surface area (Å²) in [7, 11) is 1.71. The van der Waals surface area contributed by atoms with Gasteiger partial charge >= 0.3 is 0 Å². The Morgan fingerprint density at radius 3 is 2.82 bits per heavy atom. The molecule has 0 amide bonds. The van der Waals surface area contributed by atoms with Crippen molar-refractivity contribution in [2.45, 2.75) is 20.0 Å². The average molecular weight is 417 g/mol. The molecule has 5 nitrogen and oxygen atoms in total. The average Bonchev–Trinajstić information content (AvgIpc) is 2.99. The van der Waals surface area contributed by atoms with Gasteiger partial charge in [-0.25, -0.2) is 9.37 Å². The Bertz CT molecular complexity index is 598. The maximum Gasteiger partial charge on any atom is 0.191 e. The molecule has 0 atom stereocenters. The number of aryl methyl sites for hydroxylation is 1. The van der Waals surface area contributed by atoms with E-state index in [0.717, 1.165) is 18.7 Å². The summed E-state index contributed by atoms with van der Waals surface area (Å²) in [6.45, 7) is 3.82. The van der Waals surface area contributed by atoms with Gasteiger partial charge in [-0.15, -0.1) is 24.0 Å². The molecule has 0 bridgehead atoms. The van der Waals surface area contributed by atoms with Crippen LogP contribution < -0.4 is 10.6 Å². The lowest BCUT2D eigenvalue weighted by Crippen LogP contribution is -2.38. The van der Waals surface area contributed by atoms with E-state index in [1.54, 1.807) is 38.6 Å². The van der Waals surface area contributed by atoms with Crippen LogP contribution in [0.25, 0.3) is 0 Å². The van der Waals surface area contributed by atoms with Gasteiger partial charge in [0.25, 0.3) is 0 Å². The number of nitrogens with zero attached hydrogens (tertiary/aromatic N) is 3. The van der Waals surface area contributed by atoms with E-state index in [0.29, 0.717) is 18.1 Å². The molecule has 2 N–H and O–H groups in total. The first-order valence-corrected chi connectivity index (χ1v) is 6.84. The van der Waals surface area contributed by atoms with E-state index in [-0.39, 0.29) is 29.8 Å². The van der Waals surface area contributed by atoms with Crippen molar-refractivity contribution < 1.29 is 4.39 Å². The quantitative estimate of drug-likeness (QED) is 0.446. The maximum absolute atomic E-state index is 13.5. The summed E-state index contributed by atoms with van der Waals surface area (Å²) in [5, 5.41) is 6.36. The van der Waals surface area contributed by atoms with E-state index >= 15 is 0 Å². The number of guanidine groups is 1. The minimum atomic E-state index is -0.183.